The van der Waals surface area contributed by atoms with Crippen LogP contribution < -0.4 is 4.90 Å². The molecule has 0 unspecified atom stereocenters. The lowest BCUT2D eigenvalue weighted by atomic mass is 9.92. The average Bonchev–Trinajstić information content (AvgIpc) is 4.03. The summed E-state index contributed by atoms with van der Waals surface area (Å²) in [5.74, 6) is 0. The Morgan fingerprint density at radius 3 is 1.48 bits per heavy atom. The van der Waals surface area contributed by atoms with Crippen molar-refractivity contribution >= 4 is 82.5 Å². The number of furan rings is 2. The molecule has 71 heavy (non-hydrogen) atoms. The van der Waals surface area contributed by atoms with E-state index in [1.54, 1.807) is 0 Å². The number of fused-ring (bicyclic) bond motifs is 8. The Hall–Kier alpha value is -9.44. The van der Waals surface area contributed by atoms with Gasteiger partial charge in [0.15, 0.2) is 0 Å². The van der Waals surface area contributed by atoms with Gasteiger partial charge in [-0.3, -0.25) is 0 Å². The molecular formula is C68H43NO2. The van der Waals surface area contributed by atoms with Crippen molar-refractivity contribution in [1.29, 1.82) is 0 Å². The van der Waals surface area contributed by atoms with Crippen molar-refractivity contribution < 1.29 is 8.83 Å². The van der Waals surface area contributed by atoms with Crippen LogP contribution in [0.2, 0.25) is 0 Å². The van der Waals surface area contributed by atoms with Crippen molar-refractivity contribution in [2.75, 3.05) is 4.90 Å². The molecule has 0 saturated carbocycles. The second kappa shape index (κ2) is 16.7. The van der Waals surface area contributed by atoms with E-state index in [0.717, 1.165) is 99.9 Å². The van der Waals surface area contributed by atoms with E-state index in [1.165, 1.54) is 38.2 Å². The number of benzene rings is 12. The van der Waals surface area contributed by atoms with Gasteiger partial charge in [0.1, 0.15) is 22.3 Å². The van der Waals surface area contributed by atoms with Gasteiger partial charge in [-0.25, -0.2) is 0 Å². The first-order valence-electron chi connectivity index (χ1n) is 24.2. The first kappa shape index (κ1) is 40.6. The fourth-order valence-corrected chi connectivity index (χ4v) is 11.0. The van der Waals surface area contributed by atoms with Gasteiger partial charge in [-0.1, -0.05) is 200 Å². The number of anilines is 3. The van der Waals surface area contributed by atoms with Crippen molar-refractivity contribution in [3.05, 3.63) is 261 Å². The van der Waals surface area contributed by atoms with E-state index in [2.05, 4.69) is 254 Å². The Kier molecular flexibility index (Phi) is 9.53. The smallest absolute Gasteiger partial charge is 0.145 e. The van der Waals surface area contributed by atoms with Crippen molar-refractivity contribution in [3.8, 4) is 55.6 Å². The normalized spacial score (nSPS) is 11.7. The van der Waals surface area contributed by atoms with Crippen molar-refractivity contribution in [3.63, 3.8) is 0 Å². The number of para-hydroxylation sites is 2. The molecule has 0 atom stereocenters. The van der Waals surface area contributed by atoms with Crippen LogP contribution in [0.4, 0.5) is 17.1 Å². The summed E-state index contributed by atoms with van der Waals surface area (Å²) in [6, 6.07) is 93.6. The Morgan fingerprint density at radius 2 is 0.746 bits per heavy atom. The molecule has 0 spiro atoms. The number of nitrogens with zero attached hydrogens (tertiary/aromatic N) is 1. The predicted octanol–water partition coefficient (Wildman–Crippen LogP) is 19.6. The lowest BCUT2D eigenvalue weighted by Gasteiger charge is -2.27. The summed E-state index contributed by atoms with van der Waals surface area (Å²) in [5.41, 5.74) is 18.1. The molecule has 12 aromatic carbocycles. The van der Waals surface area contributed by atoms with Crippen LogP contribution in [0.5, 0.6) is 0 Å². The molecule has 3 nitrogen and oxygen atoms in total. The summed E-state index contributed by atoms with van der Waals surface area (Å²) in [6.07, 6.45) is 0. The highest BCUT2D eigenvalue weighted by atomic mass is 16.3. The molecule has 0 aliphatic heterocycles. The van der Waals surface area contributed by atoms with Crippen molar-refractivity contribution in [2.24, 2.45) is 0 Å². The monoisotopic (exact) mass is 905 g/mol. The van der Waals surface area contributed by atoms with Crippen LogP contribution in [-0.2, 0) is 0 Å². The second-order valence-electron chi connectivity index (χ2n) is 18.3. The number of hydrogen-bond donors (Lipinski definition) is 0. The van der Waals surface area contributed by atoms with Gasteiger partial charge in [0.25, 0.3) is 0 Å². The van der Waals surface area contributed by atoms with E-state index < -0.39 is 0 Å². The molecule has 0 bridgehead atoms. The maximum atomic E-state index is 6.95. The Labute approximate surface area is 410 Å². The highest BCUT2D eigenvalue weighted by Gasteiger charge is 2.24. The molecule has 0 aliphatic rings. The van der Waals surface area contributed by atoms with Gasteiger partial charge in [-0.2, -0.15) is 0 Å². The van der Waals surface area contributed by atoms with Gasteiger partial charge in [0, 0.05) is 33.1 Å². The highest BCUT2D eigenvalue weighted by Crippen LogP contribution is 2.48. The summed E-state index contributed by atoms with van der Waals surface area (Å²) in [6.45, 7) is 0. The van der Waals surface area contributed by atoms with Crippen LogP contribution in [0.3, 0.4) is 0 Å². The van der Waals surface area contributed by atoms with Gasteiger partial charge in [0.2, 0.25) is 0 Å². The molecule has 0 N–H and O–H groups in total. The molecule has 14 aromatic rings. The van der Waals surface area contributed by atoms with E-state index in [9.17, 15) is 0 Å². The van der Waals surface area contributed by atoms with Crippen molar-refractivity contribution in [1.82, 2.24) is 0 Å². The van der Waals surface area contributed by atoms with Crippen LogP contribution >= 0.6 is 0 Å². The van der Waals surface area contributed by atoms with Gasteiger partial charge in [0.05, 0.1) is 11.1 Å². The standard InChI is InChI=1S/C68H43NO2/c1-3-21-52-45(15-1)17-12-27-55(52)49-20-11-19-48(43-49)44-33-37-50(38-34-44)69(62-42-41-59(57-28-13-18-46-16-2-4-22-53(46)57)68-67(62)61-26-8-10-31-64(61)71-68)51-39-35-47(36-40-51)54-23-5-6-24-56(54)58-29-14-32-65-66(58)60-25-7-9-30-63(60)70-65/h1-43H. The molecular weight excluding hydrogens is 863 g/mol. The molecule has 2 aromatic heterocycles. The molecule has 0 saturated heterocycles. The first-order valence-corrected chi connectivity index (χ1v) is 24.2. The molecule has 0 radical (unpaired) electrons. The highest BCUT2D eigenvalue weighted by molar-refractivity contribution is 6.19. The molecule has 0 aliphatic carbocycles. The van der Waals surface area contributed by atoms with E-state index in [4.69, 9.17) is 8.83 Å². The van der Waals surface area contributed by atoms with Crippen LogP contribution in [0.1, 0.15) is 0 Å². The van der Waals surface area contributed by atoms with Gasteiger partial charge in [-0.05, 0) is 132 Å². The Bertz CT molecular complexity index is 4340. The molecule has 332 valence electrons. The zero-order chi connectivity index (χ0) is 46.8. The third kappa shape index (κ3) is 6.82. The third-order valence-corrected chi connectivity index (χ3v) is 14.3. The molecule has 0 fully saturated rings. The zero-order valence-corrected chi connectivity index (χ0v) is 38.6. The van der Waals surface area contributed by atoms with Crippen molar-refractivity contribution in [2.45, 2.75) is 0 Å². The van der Waals surface area contributed by atoms with Crippen LogP contribution in [-0.4, -0.2) is 0 Å². The first-order chi connectivity index (χ1) is 35.2. The zero-order valence-electron chi connectivity index (χ0n) is 38.6. The summed E-state index contributed by atoms with van der Waals surface area (Å²) < 4.78 is 13.3. The van der Waals surface area contributed by atoms with Crippen LogP contribution in [0.25, 0.3) is 121 Å². The summed E-state index contributed by atoms with van der Waals surface area (Å²) in [5, 5.41) is 9.25. The fraction of sp³-hybridized carbons (Fsp3) is 0. The minimum absolute atomic E-state index is 0.852. The largest absolute Gasteiger partial charge is 0.456 e. The SMILES string of the molecule is c1cc(-c2ccc(N(c3ccc(-c4ccccc4-c4cccc5oc6ccccc6c45)cc3)c3ccc(-c4cccc5ccccc45)c4oc5ccccc5c34)cc2)cc(-c2cccc3ccccc23)c1. The Morgan fingerprint density at radius 1 is 0.254 bits per heavy atom. The quantitative estimate of drug-likeness (QED) is 0.152. The van der Waals surface area contributed by atoms with Gasteiger partial charge >= 0.3 is 0 Å². The van der Waals surface area contributed by atoms with E-state index in [-0.39, 0.29) is 0 Å². The molecule has 3 heteroatoms. The average molecular weight is 906 g/mol. The minimum Gasteiger partial charge on any atom is -0.456 e. The lowest BCUT2D eigenvalue weighted by Crippen LogP contribution is -2.10. The maximum absolute atomic E-state index is 6.95. The second-order valence-corrected chi connectivity index (χ2v) is 18.3. The number of hydrogen-bond acceptors (Lipinski definition) is 3. The summed E-state index contributed by atoms with van der Waals surface area (Å²) in [7, 11) is 0. The lowest BCUT2D eigenvalue weighted by molar-refractivity contribution is 0.669. The summed E-state index contributed by atoms with van der Waals surface area (Å²) in [4.78, 5) is 2.39. The van der Waals surface area contributed by atoms with Gasteiger partial charge in [-0.15, -0.1) is 0 Å². The van der Waals surface area contributed by atoms with E-state index >= 15 is 0 Å². The predicted molar refractivity (Wildman–Crippen MR) is 298 cm³/mol. The van der Waals surface area contributed by atoms with Gasteiger partial charge < -0.3 is 13.7 Å². The topological polar surface area (TPSA) is 29.5 Å². The van der Waals surface area contributed by atoms with E-state index in [0.29, 0.717) is 0 Å². The molecule has 2 heterocycles. The Balaban J connectivity index is 0.927. The van der Waals surface area contributed by atoms with Crippen LogP contribution in [0, 0.1) is 0 Å². The minimum atomic E-state index is 0.852. The summed E-state index contributed by atoms with van der Waals surface area (Å²) >= 11 is 0. The van der Waals surface area contributed by atoms with Crippen LogP contribution in [0.15, 0.2) is 270 Å². The van der Waals surface area contributed by atoms with E-state index in [1.807, 2.05) is 12.1 Å². The molecule has 0 amide bonds. The third-order valence-electron chi connectivity index (χ3n) is 14.3. The molecule has 14 rings (SSSR count). The maximum Gasteiger partial charge on any atom is 0.145 e. The fourth-order valence-electron chi connectivity index (χ4n) is 11.0. The number of rotatable bonds is 8.